The normalized spacial score (nSPS) is 12.4. The van der Waals surface area contributed by atoms with Crippen LogP contribution in [0.25, 0.3) is 0 Å². The van der Waals surface area contributed by atoms with Crippen LogP contribution in [-0.2, 0) is 6.18 Å². The lowest BCUT2D eigenvalue weighted by atomic mass is 10.2. The van der Waals surface area contributed by atoms with Crippen LogP contribution in [0.4, 0.5) is 32.0 Å². The molecule has 1 aromatic rings. The van der Waals surface area contributed by atoms with Gasteiger partial charge in [0, 0.05) is 0 Å². The van der Waals surface area contributed by atoms with Gasteiger partial charge in [0.25, 0.3) is 0 Å². The fourth-order valence-electron chi connectivity index (χ4n) is 1.05. The minimum absolute atomic E-state index is 0.416. The van der Waals surface area contributed by atoms with E-state index in [4.69, 9.17) is 28.6 Å². The van der Waals surface area contributed by atoms with E-state index in [0.29, 0.717) is 12.1 Å². The third-order valence-electron chi connectivity index (χ3n) is 1.90. The topological polar surface area (TPSA) is 35.9 Å². The summed E-state index contributed by atoms with van der Waals surface area (Å²) in [5.74, 6) is -1.89. The maximum atomic E-state index is 12.4. The first-order valence-electron chi connectivity index (χ1n) is 4.42. The molecule has 0 aliphatic carbocycles. The third-order valence-corrected chi connectivity index (χ3v) is 2.50. The summed E-state index contributed by atoms with van der Waals surface area (Å²) < 4.78 is 73.5. The van der Waals surface area contributed by atoms with Gasteiger partial charge < -0.3 is 5.32 Å². The Balaban J connectivity index is 3.16. The highest BCUT2D eigenvalue weighted by molar-refractivity contribution is 6.40. The Kier molecular flexibility index (Phi) is 4.26. The number of alkyl halides is 6. The first-order chi connectivity index (χ1) is 8.43. The maximum Gasteiger partial charge on any atom is 0.448 e. The summed E-state index contributed by atoms with van der Waals surface area (Å²) in [6.07, 6.45) is -9.72. The van der Waals surface area contributed by atoms with Crippen molar-refractivity contribution in [1.82, 2.24) is 0 Å². The number of anilines is 1. The Morgan fingerprint density at radius 1 is 1.00 bits per heavy atom. The molecule has 0 heterocycles. The van der Waals surface area contributed by atoms with Crippen LogP contribution in [0.15, 0.2) is 12.1 Å². The summed E-state index contributed by atoms with van der Waals surface area (Å²) in [5, 5.41) is 6.85. The van der Waals surface area contributed by atoms with E-state index in [1.54, 1.807) is 0 Å². The van der Waals surface area contributed by atoms with E-state index in [9.17, 15) is 26.3 Å². The standard InChI is InChI=1S/C9H4Cl2F6N2/c10-4-1-3(8(12,13)14)2-5(11)6(4)19-7(18)9(15,16)17/h1-2H,(H2,18,19). The number of rotatable bonds is 1. The lowest BCUT2D eigenvalue weighted by Gasteiger charge is -2.15. The number of benzene rings is 1. The van der Waals surface area contributed by atoms with Gasteiger partial charge in [0.05, 0.1) is 21.3 Å². The molecule has 0 spiro atoms. The molecule has 1 rings (SSSR count). The Labute approximate surface area is 112 Å². The van der Waals surface area contributed by atoms with Gasteiger partial charge in [-0.2, -0.15) is 26.3 Å². The van der Waals surface area contributed by atoms with Gasteiger partial charge in [-0.25, -0.2) is 0 Å². The van der Waals surface area contributed by atoms with Gasteiger partial charge in [-0.3, -0.25) is 5.41 Å². The second kappa shape index (κ2) is 5.09. The molecular weight excluding hydrogens is 321 g/mol. The van der Waals surface area contributed by atoms with Gasteiger partial charge in [-0.05, 0) is 12.1 Å². The smallest absolute Gasteiger partial charge is 0.334 e. The fourth-order valence-corrected chi connectivity index (χ4v) is 1.63. The van der Waals surface area contributed by atoms with E-state index >= 15 is 0 Å². The molecule has 1 aromatic carbocycles. The molecule has 0 amide bonds. The van der Waals surface area contributed by atoms with Gasteiger partial charge in [-0.15, -0.1) is 0 Å². The van der Waals surface area contributed by atoms with Crippen molar-refractivity contribution in [2.75, 3.05) is 5.32 Å². The van der Waals surface area contributed by atoms with E-state index in [2.05, 4.69) is 0 Å². The lowest BCUT2D eigenvalue weighted by molar-refractivity contribution is -0.137. The van der Waals surface area contributed by atoms with E-state index in [-0.39, 0.29) is 0 Å². The van der Waals surface area contributed by atoms with Crippen LogP contribution in [0.1, 0.15) is 5.56 Å². The molecule has 0 aromatic heterocycles. The highest BCUT2D eigenvalue weighted by Crippen LogP contribution is 2.38. The monoisotopic (exact) mass is 324 g/mol. The maximum absolute atomic E-state index is 12.4. The molecule has 0 fully saturated rings. The average Bonchev–Trinajstić information content (AvgIpc) is 2.19. The van der Waals surface area contributed by atoms with Crippen LogP contribution >= 0.6 is 23.2 Å². The van der Waals surface area contributed by atoms with Crippen molar-refractivity contribution in [2.24, 2.45) is 0 Å². The fraction of sp³-hybridized carbons (Fsp3) is 0.222. The van der Waals surface area contributed by atoms with Gasteiger partial charge in [0.1, 0.15) is 0 Å². The summed E-state index contributed by atoms with van der Waals surface area (Å²) in [7, 11) is 0. The van der Waals surface area contributed by atoms with E-state index < -0.39 is 39.5 Å². The Morgan fingerprint density at radius 2 is 1.42 bits per heavy atom. The molecule has 2 nitrogen and oxygen atoms in total. The van der Waals surface area contributed by atoms with Crippen LogP contribution in [-0.4, -0.2) is 12.0 Å². The van der Waals surface area contributed by atoms with Crippen LogP contribution in [0, 0.1) is 5.41 Å². The van der Waals surface area contributed by atoms with Gasteiger partial charge in [-0.1, -0.05) is 23.2 Å². The Bertz CT molecular complexity index is 485. The predicted molar refractivity (Wildman–Crippen MR) is 58.9 cm³/mol. The summed E-state index contributed by atoms with van der Waals surface area (Å²) >= 11 is 10.8. The molecule has 10 heteroatoms. The molecule has 106 valence electrons. The van der Waals surface area contributed by atoms with Crippen LogP contribution in [0.3, 0.4) is 0 Å². The summed E-state index contributed by atoms with van der Waals surface area (Å²) in [4.78, 5) is 0. The zero-order valence-electron chi connectivity index (χ0n) is 8.68. The highest BCUT2D eigenvalue weighted by Gasteiger charge is 2.36. The van der Waals surface area contributed by atoms with Crippen molar-refractivity contribution in [3.63, 3.8) is 0 Å². The summed E-state index contributed by atoms with van der Waals surface area (Å²) in [5.41, 5.74) is -1.81. The van der Waals surface area contributed by atoms with Gasteiger partial charge >= 0.3 is 12.4 Å². The second-order valence-electron chi connectivity index (χ2n) is 3.31. The number of hydrogen-bond donors (Lipinski definition) is 2. The molecule has 0 aliphatic rings. The van der Waals surface area contributed by atoms with Crippen molar-refractivity contribution in [3.05, 3.63) is 27.7 Å². The largest absolute Gasteiger partial charge is 0.448 e. The zero-order valence-corrected chi connectivity index (χ0v) is 10.2. The summed E-state index contributed by atoms with van der Waals surface area (Å²) in [6, 6.07) is 0.832. The van der Waals surface area contributed by atoms with Gasteiger partial charge in [0.15, 0.2) is 0 Å². The predicted octanol–water partition coefficient (Wildman–Crippen LogP) is 4.96. The minimum Gasteiger partial charge on any atom is -0.334 e. The third kappa shape index (κ3) is 3.90. The second-order valence-corrected chi connectivity index (χ2v) is 4.12. The highest BCUT2D eigenvalue weighted by atomic mass is 35.5. The van der Waals surface area contributed by atoms with Gasteiger partial charge in [0.2, 0.25) is 5.84 Å². The molecule has 19 heavy (non-hydrogen) atoms. The van der Waals surface area contributed by atoms with Crippen molar-refractivity contribution in [3.8, 4) is 0 Å². The van der Waals surface area contributed by atoms with Crippen molar-refractivity contribution in [1.29, 1.82) is 5.41 Å². The Morgan fingerprint density at radius 3 is 1.74 bits per heavy atom. The molecule has 0 unspecified atom stereocenters. The first-order valence-corrected chi connectivity index (χ1v) is 5.17. The molecular formula is C9H4Cl2F6N2. The SMILES string of the molecule is N=C(Nc1c(Cl)cc(C(F)(F)F)cc1Cl)C(F)(F)F. The van der Waals surface area contributed by atoms with Crippen LogP contribution < -0.4 is 5.32 Å². The lowest BCUT2D eigenvalue weighted by Crippen LogP contribution is -2.29. The molecule has 0 saturated carbocycles. The zero-order chi connectivity index (χ0) is 15.0. The van der Waals surface area contributed by atoms with E-state index in [1.807, 2.05) is 0 Å². The molecule has 0 bridgehead atoms. The van der Waals surface area contributed by atoms with Crippen LogP contribution in [0.5, 0.6) is 0 Å². The Hall–Kier alpha value is -1.15. The van der Waals surface area contributed by atoms with E-state index in [0.717, 1.165) is 0 Å². The molecule has 0 radical (unpaired) electrons. The van der Waals surface area contributed by atoms with Crippen LogP contribution in [0.2, 0.25) is 10.0 Å². The minimum atomic E-state index is -4.99. The van der Waals surface area contributed by atoms with Crippen molar-refractivity contribution < 1.29 is 26.3 Å². The summed E-state index contributed by atoms with van der Waals surface area (Å²) in [6.45, 7) is 0. The number of nitrogens with one attached hydrogen (secondary N) is 2. The molecule has 0 atom stereocenters. The number of hydrogen-bond acceptors (Lipinski definition) is 1. The molecule has 0 saturated heterocycles. The first kappa shape index (κ1) is 15.9. The van der Waals surface area contributed by atoms with Crippen molar-refractivity contribution >= 4 is 34.7 Å². The molecule has 2 N–H and O–H groups in total. The number of amidine groups is 1. The molecule has 0 aliphatic heterocycles. The van der Waals surface area contributed by atoms with E-state index in [1.165, 1.54) is 5.32 Å². The van der Waals surface area contributed by atoms with Crippen molar-refractivity contribution in [2.45, 2.75) is 12.4 Å². The number of halogens is 8. The average molecular weight is 325 g/mol. The quantitative estimate of drug-likeness (QED) is 0.427.